The molecular formula is C14H18O3. The van der Waals surface area contributed by atoms with Crippen molar-refractivity contribution in [1.82, 2.24) is 0 Å². The Balaban J connectivity index is 2.33. The van der Waals surface area contributed by atoms with Crippen molar-refractivity contribution >= 4 is 12.3 Å². The van der Waals surface area contributed by atoms with Crippen LogP contribution in [0.5, 0.6) is 0 Å². The first-order valence-electron chi connectivity index (χ1n) is 6.00. The van der Waals surface area contributed by atoms with Crippen LogP contribution < -0.4 is 0 Å². The van der Waals surface area contributed by atoms with E-state index in [9.17, 15) is 9.59 Å². The molecule has 0 bridgehead atoms. The number of carbonyl (C=O) groups is 2. The van der Waals surface area contributed by atoms with Crippen LogP contribution in [-0.2, 0) is 4.74 Å². The van der Waals surface area contributed by atoms with Crippen LogP contribution >= 0.6 is 0 Å². The Hall–Kier alpha value is -1.64. The van der Waals surface area contributed by atoms with Gasteiger partial charge >= 0.3 is 5.97 Å². The monoisotopic (exact) mass is 234 g/mol. The molecule has 1 aromatic carbocycles. The first-order chi connectivity index (χ1) is 8.27. The van der Waals surface area contributed by atoms with Crippen LogP contribution in [0.4, 0.5) is 0 Å². The molecule has 1 rings (SSSR count). The zero-order valence-corrected chi connectivity index (χ0v) is 10.1. The zero-order chi connectivity index (χ0) is 12.5. The van der Waals surface area contributed by atoms with E-state index in [-0.39, 0.29) is 5.97 Å². The Morgan fingerprint density at radius 3 is 2.47 bits per heavy atom. The topological polar surface area (TPSA) is 43.4 Å². The molecule has 0 aliphatic rings. The molecular weight excluding hydrogens is 216 g/mol. The van der Waals surface area contributed by atoms with Crippen LogP contribution in [0.25, 0.3) is 0 Å². The number of unbranched alkanes of at least 4 members (excludes halogenated alkanes) is 3. The number of hydrogen-bond acceptors (Lipinski definition) is 3. The smallest absolute Gasteiger partial charge is 0.338 e. The summed E-state index contributed by atoms with van der Waals surface area (Å²) < 4.78 is 5.12. The Kier molecular flexibility index (Phi) is 6.00. The summed E-state index contributed by atoms with van der Waals surface area (Å²) in [4.78, 5) is 22.0. The minimum atomic E-state index is -0.320. The Labute approximate surface area is 102 Å². The highest BCUT2D eigenvalue weighted by atomic mass is 16.5. The SMILES string of the molecule is CCCCCCOC(=O)c1ccc(C=O)cc1. The predicted octanol–water partition coefficient (Wildman–Crippen LogP) is 3.24. The van der Waals surface area contributed by atoms with Gasteiger partial charge in [0.25, 0.3) is 0 Å². The lowest BCUT2D eigenvalue weighted by molar-refractivity contribution is 0.0497. The van der Waals surface area contributed by atoms with Gasteiger partial charge in [0.1, 0.15) is 6.29 Å². The molecule has 0 N–H and O–H groups in total. The van der Waals surface area contributed by atoms with E-state index in [1.54, 1.807) is 24.3 Å². The standard InChI is InChI=1S/C14H18O3/c1-2-3-4-5-10-17-14(16)13-8-6-12(11-15)7-9-13/h6-9,11H,2-5,10H2,1H3. The summed E-state index contributed by atoms with van der Waals surface area (Å²) in [7, 11) is 0. The quantitative estimate of drug-likeness (QED) is 0.413. The van der Waals surface area contributed by atoms with E-state index in [0.29, 0.717) is 17.7 Å². The van der Waals surface area contributed by atoms with Crippen LogP contribution in [0.15, 0.2) is 24.3 Å². The normalized spacial score (nSPS) is 9.94. The number of esters is 1. The fraction of sp³-hybridized carbons (Fsp3) is 0.429. The molecule has 0 amide bonds. The molecule has 0 fully saturated rings. The second kappa shape index (κ2) is 7.60. The largest absolute Gasteiger partial charge is 0.462 e. The van der Waals surface area contributed by atoms with Crippen molar-refractivity contribution in [1.29, 1.82) is 0 Å². The lowest BCUT2D eigenvalue weighted by Crippen LogP contribution is -2.06. The van der Waals surface area contributed by atoms with E-state index >= 15 is 0 Å². The first-order valence-corrected chi connectivity index (χ1v) is 6.00. The van der Waals surface area contributed by atoms with Crippen molar-refractivity contribution in [3.63, 3.8) is 0 Å². The van der Waals surface area contributed by atoms with Gasteiger partial charge in [0.15, 0.2) is 0 Å². The zero-order valence-electron chi connectivity index (χ0n) is 10.1. The van der Waals surface area contributed by atoms with Crippen molar-refractivity contribution in [3.8, 4) is 0 Å². The Bertz CT molecular complexity index is 354. The highest BCUT2D eigenvalue weighted by Crippen LogP contribution is 2.06. The molecule has 0 atom stereocenters. The van der Waals surface area contributed by atoms with Gasteiger partial charge < -0.3 is 4.74 Å². The highest BCUT2D eigenvalue weighted by Gasteiger charge is 2.06. The van der Waals surface area contributed by atoms with Gasteiger partial charge in [-0.3, -0.25) is 4.79 Å². The third-order valence-corrected chi connectivity index (χ3v) is 2.51. The maximum absolute atomic E-state index is 11.6. The molecule has 0 unspecified atom stereocenters. The number of aldehydes is 1. The summed E-state index contributed by atoms with van der Waals surface area (Å²) in [6.45, 7) is 2.61. The van der Waals surface area contributed by atoms with Gasteiger partial charge in [-0.2, -0.15) is 0 Å². The summed E-state index contributed by atoms with van der Waals surface area (Å²) in [6, 6.07) is 6.44. The second-order valence-electron chi connectivity index (χ2n) is 3.94. The van der Waals surface area contributed by atoms with Gasteiger partial charge in [-0.1, -0.05) is 38.3 Å². The van der Waals surface area contributed by atoms with E-state index in [1.807, 2.05) is 0 Å². The van der Waals surface area contributed by atoms with E-state index in [0.717, 1.165) is 19.1 Å². The molecule has 0 saturated carbocycles. The number of carbonyl (C=O) groups excluding carboxylic acids is 2. The van der Waals surface area contributed by atoms with Crippen LogP contribution in [0.3, 0.4) is 0 Å². The van der Waals surface area contributed by atoms with Crippen LogP contribution in [-0.4, -0.2) is 18.9 Å². The molecule has 0 spiro atoms. The van der Waals surface area contributed by atoms with E-state index in [4.69, 9.17) is 4.74 Å². The van der Waals surface area contributed by atoms with Crippen molar-refractivity contribution in [2.24, 2.45) is 0 Å². The molecule has 0 aromatic heterocycles. The summed E-state index contributed by atoms with van der Waals surface area (Å²) in [6.07, 6.45) is 5.09. The van der Waals surface area contributed by atoms with Crippen molar-refractivity contribution in [2.75, 3.05) is 6.61 Å². The number of ether oxygens (including phenoxy) is 1. The minimum absolute atomic E-state index is 0.320. The molecule has 17 heavy (non-hydrogen) atoms. The lowest BCUT2D eigenvalue weighted by Gasteiger charge is -2.04. The van der Waals surface area contributed by atoms with Gasteiger partial charge in [0.05, 0.1) is 12.2 Å². The maximum Gasteiger partial charge on any atom is 0.338 e. The average Bonchev–Trinajstić information content (AvgIpc) is 2.38. The van der Waals surface area contributed by atoms with Crippen molar-refractivity contribution in [3.05, 3.63) is 35.4 Å². The van der Waals surface area contributed by atoms with Crippen LogP contribution in [0.1, 0.15) is 53.3 Å². The van der Waals surface area contributed by atoms with Crippen molar-refractivity contribution < 1.29 is 14.3 Å². The second-order valence-corrected chi connectivity index (χ2v) is 3.94. The molecule has 3 heteroatoms. The number of rotatable bonds is 7. The fourth-order valence-electron chi connectivity index (χ4n) is 1.47. The molecule has 0 saturated heterocycles. The van der Waals surface area contributed by atoms with Gasteiger partial charge in [0, 0.05) is 5.56 Å². The predicted molar refractivity (Wildman–Crippen MR) is 66.3 cm³/mol. The minimum Gasteiger partial charge on any atom is -0.462 e. The highest BCUT2D eigenvalue weighted by molar-refractivity contribution is 5.90. The molecule has 3 nitrogen and oxygen atoms in total. The van der Waals surface area contributed by atoms with Gasteiger partial charge in [-0.15, -0.1) is 0 Å². The third-order valence-electron chi connectivity index (χ3n) is 2.51. The number of hydrogen-bond donors (Lipinski definition) is 0. The summed E-state index contributed by atoms with van der Waals surface area (Å²) in [5.74, 6) is -0.320. The summed E-state index contributed by atoms with van der Waals surface area (Å²) in [5, 5.41) is 0. The first kappa shape index (κ1) is 13.4. The summed E-state index contributed by atoms with van der Waals surface area (Å²) >= 11 is 0. The van der Waals surface area contributed by atoms with Crippen molar-refractivity contribution in [2.45, 2.75) is 32.6 Å². The molecule has 92 valence electrons. The van der Waals surface area contributed by atoms with Crippen LogP contribution in [0, 0.1) is 0 Å². The van der Waals surface area contributed by atoms with Gasteiger partial charge in [-0.05, 0) is 18.6 Å². The van der Waals surface area contributed by atoms with E-state index in [2.05, 4.69) is 6.92 Å². The summed E-state index contributed by atoms with van der Waals surface area (Å²) in [5.41, 5.74) is 1.05. The van der Waals surface area contributed by atoms with E-state index < -0.39 is 0 Å². The fourth-order valence-corrected chi connectivity index (χ4v) is 1.47. The number of benzene rings is 1. The Morgan fingerprint density at radius 2 is 1.88 bits per heavy atom. The lowest BCUT2D eigenvalue weighted by atomic mass is 10.1. The molecule has 0 aliphatic carbocycles. The maximum atomic E-state index is 11.6. The van der Waals surface area contributed by atoms with Crippen LogP contribution in [0.2, 0.25) is 0 Å². The van der Waals surface area contributed by atoms with Gasteiger partial charge in [0.2, 0.25) is 0 Å². The van der Waals surface area contributed by atoms with E-state index in [1.165, 1.54) is 12.8 Å². The molecule has 0 radical (unpaired) electrons. The molecule has 1 aromatic rings. The molecule has 0 aliphatic heterocycles. The average molecular weight is 234 g/mol. The molecule has 0 heterocycles. The third kappa shape index (κ3) is 4.81. The Morgan fingerprint density at radius 1 is 1.18 bits per heavy atom. The van der Waals surface area contributed by atoms with Gasteiger partial charge in [-0.25, -0.2) is 4.79 Å².